The number of nitrogens with zero attached hydrogens (tertiary/aromatic N) is 3. The van der Waals surface area contributed by atoms with Crippen LogP contribution in [0.5, 0.6) is 0 Å². The van der Waals surface area contributed by atoms with Crippen LogP contribution in [0.1, 0.15) is 11.1 Å². The van der Waals surface area contributed by atoms with Crippen molar-refractivity contribution in [2.75, 3.05) is 18.1 Å². The van der Waals surface area contributed by atoms with Gasteiger partial charge in [0.15, 0.2) is 0 Å². The predicted octanol–water partition coefficient (Wildman–Crippen LogP) is 3.27. The van der Waals surface area contributed by atoms with Crippen molar-refractivity contribution in [2.45, 2.75) is 13.1 Å². The number of aromatic amines is 1. The number of nitrogens with one attached hydrogen (secondary N) is 2. The third kappa shape index (κ3) is 6.10. The summed E-state index contributed by atoms with van der Waals surface area (Å²) in [7, 11) is 1.83. The van der Waals surface area contributed by atoms with Gasteiger partial charge in [0.25, 0.3) is 5.91 Å². The minimum absolute atomic E-state index is 0.176. The molecule has 0 radical (unpaired) electrons. The van der Waals surface area contributed by atoms with E-state index in [9.17, 15) is 18.4 Å². The van der Waals surface area contributed by atoms with Crippen LogP contribution in [0.2, 0.25) is 0 Å². The van der Waals surface area contributed by atoms with E-state index in [2.05, 4.69) is 20.5 Å². The number of nitrogens with two attached hydrogens (primary N) is 1. The summed E-state index contributed by atoms with van der Waals surface area (Å²) in [5.74, 6) is -0.919. The van der Waals surface area contributed by atoms with Crippen molar-refractivity contribution in [3.63, 3.8) is 0 Å². The molecule has 0 atom stereocenters. The highest BCUT2D eigenvalue weighted by molar-refractivity contribution is 6.23. The van der Waals surface area contributed by atoms with Gasteiger partial charge in [-0.15, -0.1) is 0 Å². The van der Waals surface area contributed by atoms with Gasteiger partial charge >= 0.3 is 0 Å². The number of fused-ring (bicyclic) bond motifs is 1. The molecule has 1 amide bonds. The van der Waals surface area contributed by atoms with Gasteiger partial charge in [-0.25, -0.2) is 13.8 Å². The molecule has 170 valence electrons. The topological polar surface area (TPSA) is 117 Å². The van der Waals surface area contributed by atoms with Crippen LogP contribution in [-0.4, -0.2) is 39.3 Å². The number of rotatable bonds is 6. The fourth-order valence-electron chi connectivity index (χ4n) is 3.05. The van der Waals surface area contributed by atoms with E-state index in [1.54, 1.807) is 36.7 Å². The molecule has 2 aromatic heterocycles. The zero-order valence-electron chi connectivity index (χ0n) is 17.8. The minimum atomic E-state index is -0.677. The molecule has 4 rings (SSSR count). The Bertz CT molecular complexity index is 1180. The number of H-pyrrole nitrogens is 1. The number of pyridine rings is 1. The molecule has 0 aliphatic rings. The van der Waals surface area contributed by atoms with E-state index in [1.807, 2.05) is 7.05 Å². The summed E-state index contributed by atoms with van der Waals surface area (Å²) in [6.07, 6.45) is 3.57. The average molecular weight is 452 g/mol. The van der Waals surface area contributed by atoms with E-state index in [0.29, 0.717) is 16.9 Å². The lowest BCUT2D eigenvalue weighted by atomic mass is 10.1. The first-order valence-corrected chi connectivity index (χ1v) is 9.89. The molecular formula is C23H22F2N6O2. The van der Waals surface area contributed by atoms with Gasteiger partial charge in [-0.05, 0) is 35.4 Å². The summed E-state index contributed by atoms with van der Waals surface area (Å²) < 4.78 is 25.7. The molecule has 4 aromatic rings. The highest BCUT2D eigenvalue weighted by atomic mass is 19.1. The van der Waals surface area contributed by atoms with E-state index < -0.39 is 5.91 Å². The number of carbonyl (C=O) groups excluding carboxylic acids is 2. The third-order valence-electron chi connectivity index (χ3n) is 4.77. The van der Waals surface area contributed by atoms with Crippen molar-refractivity contribution in [3.05, 3.63) is 83.7 Å². The van der Waals surface area contributed by atoms with E-state index in [0.717, 1.165) is 16.6 Å². The zero-order chi connectivity index (χ0) is 23.8. The van der Waals surface area contributed by atoms with Gasteiger partial charge in [0.05, 0.1) is 29.0 Å². The highest BCUT2D eigenvalue weighted by Crippen LogP contribution is 2.22. The van der Waals surface area contributed by atoms with E-state index in [1.165, 1.54) is 29.2 Å². The number of halogens is 2. The molecule has 0 spiro atoms. The molecule has 10 heteroatoms. The predicted molar refractivity (Wildman–Crippen MR) is 121 cm³/mol. The van der Waals surface area contributed by atoms with Crippen LogP contribution in [0.25, 0.3) is 10.9 Å². The first-order valence-electron chi connectivity index (χ1n) is 9.89. The quantitative estimate of drug-likeness (QED) is 0.305. The van der Waals surface area contributed by atoms with E-state index in [-0.39, 0.29) is 31.0 Å². The number of hydrogen-bond acceptors (Lipinski definition) is 6. The number of aromatic nitrogens is 3. The van der Waals surface area contributed by atoms with Gasteiger partial charge in [0.2, 0.25) is 6.29 Å². The molecule has 0 saturated heterocycles. The Labute approximate surface area is 188 Å². The Balaban J connectivity index is 0.000000215. The fraction of sp³-hybridized carbons (Fsp3) is 0.130. The first-order chi connectivity index (χ1) is 15.9. The molecule has 4 N–H and O–H groups in total. The molecule has 0 aliphatic heterocycles. The van der Waals surface area contributed by atoms with Gasteiger partial charge in [-0.1, -0.05) is 24.3 Å². The molecular weight excluding hydrogens is 430 g/mol. The lowest BCUT2D eigenvalue weighted by molar-refractivity contribution is -0.139. The number of aldehydes is 1. The summed E-state index contributed by atoms with van der Waals surface area (Å²) in [6.45, 7) is 0.352. The Hall–Kier alpha value is -4.34. The van der Waals surface area contributed by atoms with Crippen molar-refractivity contribution < 1.29 is 18.4 Å². The molecule has 2 aromatic carbocycles. The Morgan fingerprint density at radius 1 is 1.03 bits per heavy atom. The van der Waals surface area contributed by atoms with Crippen LogP contribution in [0.3, 0.4) is 0 Å². The van der Waals surface area contributed by atoms with E-state index >= 15 is 0 Å². The number of carbonyl (C=O) groups is 2. The molecule has 0 bridgehead atoms. The minimum Gasteiger partial charge on any atom is -0.385 e. The van der Waals surface area contributed by atoms with Crippen LogP contribution in [0.15, 0.2) is 60.9 Å². The molecule has 0 unspecified atom stereocenters. The van der Waals surface area contributed by atoms with Crippen LogP contribution >= 0.6 is 0 Å². The summed E-state index contributed by atoms with van der Waals surface area (Å²) in [5, 5.41) is 10.6. The second-order valence-corrected chi connectivity index (χ2v) is 7.03. The maximum absolute atomic E-state index is 12.9. The summed E-state index contributed by atoms with van der Waals surface area (Å²) in [4.78, 5) is 27.7. The third-order valence-corrected chi connectivity index (χ3v) is 4.77. The van der Waals surface area contributed by atoms with Crippen molar-refractivity contribution in [3.8, 4) is 0 Å². The van der Waals surface area contributed by atoms with Crippen molar-refractivity contribution in [1.82, 2.24) is 20.1 Å². The zero-order valence-corrected chi connectivity index (χ0v) is 17.8. The Kier molecular flexibility index (Phi) is 7.64. The van der Waals surface area contributed by atoms with Gasteiger partial charge in [-0.3, -0.25) is 14.7 Å². The number of amides is 1. The van der Waals surface area contributed by atoms with Crippen molar-refractivity contribution in [2.24, 2.45) is 0 Å². The van der Waals surface area contributed by atoms with Gasteiger partial charge < -0.3 is 16.0 Å². The normalized spacial score (nSPS) is 10.3. The number of benzene rings is 2. The molecule has 33 heavy (non-hydrogen) atoms. The first kappa shape index (κ1) is 23.3. The smallest absolute Gasteiger partial charge is 0.287 e. The largest absolute Gasteiger partial charge is 0.385 e. The van der Waals surface area contributed by atoms with Gasteiger partial charge in [0, 0.05) is 20.1 Å². The van der Waals surface area contributed by atoms with Crippen molar-refractivity contribution in [1.29, 1.82) is 0 Å². The summed E-state index contributed by atoms with van der Waals surface area (Å²) in [5.41, 5.74) is 8.82. The second kappa shape index (κ2) is 10.8. The molecule has 0 fully saturated rings. The Morgan fingerprint density at radius 2 is 1.58 bits per heavy atom. The lowest BCUT2D eigenvalue weighted by Gasteiger charge is -2.20. The lowest BCUT2D eigenvalue weighted by Crippen LogP contribution is -2.30. The SMILES string of the molecule is CNc1cnc(N)c2cn[nH]c12.O=CC(=O)N(Cc1ccc(F)cc1)Cc1ccc(F)cc1. The van der Waals surface area contributed by atoms with Crippen LogP contribution in [0, 0.1) is 11.6 Å². The Morgan fingerprint density at radius 3 is 2.06 bits per heavy atom. The van der Waals surface area contributed by atoms with Crippen LogP contribution in [0.4, 0.5) is 20.3 Å². The monoisotopic (exact) mass is 452 g/mol. The molecule has 8 nitrogen and oxygen atoms in total. The second-order valence-electron chi connectivity index (χ2n) is 7.03. The molecule has 0 saturated carbocycles. The van der Waals surface area contributed by atoms with Crippen LogP contribution in [-0.2, 0) is 22.7 Å². The van der Waals surface area contributed by atoms with E-state index in [4.69, 9.17) is 5.73 Å². The maximum Gasteiger partial charge on any atom is 0.287 e. The summed E-state index contributed by atoms with van der Waals surface area (Å²) >= 11 is 0. The molecule has 0 aliphatic carbocycles. The van der Waals surface area contributed by atoms with Gasteiger partial charge in [0.1, 0.15) is 17.5 Å². The number of nitrogen functional groups attached to an aromatic ring is 1. The van der Waals surface area contributed by atoms with Crippen molar-refractivity contribution >= 4 is 34.6 Å². The molecule has 2 heterocycles. The fourth-order valence-corrected chi connectivity index (χ4v) is 3.05. The number of hydrogen-bond donors (Lipinski definition) is 3. The van der Waals surface area contributed by atoms with Gasteiger partial charge in [-0.2, -0.15) is 5.10 Å². The highest BCUT2D eigenvalue weighted by Gasteiger charge is 2.14. The maximum atomic E-state index is 12.9. The van der Waals surface area contributed by atoms with Crippen LogP contribution < -0.4 is 11.1 Å². The number of anilines is 2. The average Bonchev–Trinajstić information content (AvgIpc) is 3.33. The standard InChI is InChI=1S/C16H13F2NO2.C7H9N5/c17-14-5-1-12(2-6-14)9-19(16(21)11-20)10-13-3-7-15(18)8-4-13;1-9-5-3-10-7(8)4-2-11-12-6(4)5/h1-8,11H,9-10H2;2-3,9H,1H3,(H2,8,10)(H,11,12). The summed E-state index contributed by atoms with van der Waals surface area (Å²) in [6, 6.07) is 11.3.